The number of hydrogen-bond acceptors (Lipinski definition) is 4. The smallest absolute Gasteiger partial charge is 0.308 e. The van der Waals surface area contributed by atoms with E-state index in [0.717, 1.165) is 11.3 Å². The third-order valence-corrected chi connectivity index (χ3v) is 5.40. The van der Waals surface area contributed by atoms with E-state index >= 15 is 0 Å². The van der Waals surface area contributed by atoms with Gasteiger partial charge >= 0.3 is 5.97 Å². The lowest BCUT2D eigenvalue weighted by Gasteiger charge is -2.36. The number of amides is 1. The summed E-state index contributed by atoms with van der Waals surface area (Å²) in [5.41, 5.74) is 1.64. The summed E-state index contributed by atoms with van der Waals surface area (Å²) in [6, 6.07) is 18.7. The molecule has 148 valence electrons. The standard InChI is InChI=1S/C22H22N4O3/c1-15-18(22(28)29)13-8-14-25(15)21(27)19-23-20(16-9-4-2-5-10-16)26(24-19)17-11-6-3-7-12-17/h2-7,9-12,15,18H,8,13-14H2,1H3,(H,28,29)/t15-,18-/m1/s1. The van der Waals surface area contributed by atoms with Gasteiger partial charge in [0.1, 0.15) is 0 Å². The van der Waals surface area contributed by atoms with Crippen LogP contribution in [0.1, 0.15) is 30.4 Å². The van der Waals surface area contributed by atoms with Crippen molar-refractivity contribution < 1.29 is 14.7 Å². The van der Waals surface area contributed by atoms with Gasteiger partial charge in [0, 0.05) is 18.2 Å². The van der Waals surface area contributed by atoms with Gasteiger partial charge in [0.05, 0.1) is 11.6 Å². The van der Waals surface area contributed by atoms with Gasteiger partial charge in [-0.2, -0.15) is 0 Å². The number of rotatable bonds is 4. The number of aliphatic carboxylic acids is 1. The van der Waals surface area contributed by atoms with E-state index in [9.17, 15) is 14.7 Å². The molecule has 2 heterocycles. The number of likely N-dealkylation sites (tertiary alicyclic amines) is 1. The zero-order valence-electron chi connectivity index (χ0n) is 16.1. The SMILES string of the molecule is C[C@@H]1[C@H](C(=O)O)CCCN1C(=O)c1nc(-c2ccccc2)n(-c2ccccc2)n1. The van der Waals surface area contributed by atoms with Crippen molar-refractivity contribution >= 4 is 11.9 Å². The highest BCUT2D eigenvalue weighted by Gasteiger charge is 2.37. The first-order valence-electron chi connectivity index (χ1n) is 9.68. The fourth-order valence-electron chi connectivity index (χ4n) is 3.81. The Morgan fingerprint density at radius 1 is 1.03 bits per heavy atom. The van der Waals surface area contributed by atoms with Gasteiger partial charge in [-0.15, -0.1) is 5.10 Å². The number of nitrogens with zero attached hydrogens (tertiary/aromatic N) is 4. The second-order valence-electron chi connectivity index (χ2n) is 7.20. The molecule has 1 amide bonds. The summed E-state index contributed by atoms with van der Waals surface area (Å²) in [6.07, 6.45) is 1.22. The summed E-state index contributed by atoms with van der Waals surface area (Å²) in [7, 11) is 0. The van der Waals surface area contributed by atoms with Crippen molar-refractivity contribution in [3.63, 3.8) is 0 Å². The van der Waals surface area contributed by atoms with E-state index in [-0.39, 0.29) is 11.7 Å². The van der Waals surface area contributed by atoms with Gasteiger partial charge in [0.15, 0.2) is 5.82 Å². The van der Waals surface area contributed by atoms with Gasteiger partial charge in [0.2, 0.25) is 5.82 Å². The third-order valence-electron chi connectivity index (χ3n) is 5.40. The zero-order valence-corrected chi connectivity index (χ0v) is 16.1. The number of benzene rings is 2. The summed E-state index contributed by atoms with van der Waals surface area (Å²) in [4.78, 5) is 30.9. The molecule has 2 aromatic carbocycles. The quantitative estimate of drug-likeness (QED) is 0.739. The molecule has 1 aliphatic heterocycles. The maximum atomic E-state index is 13.2. The molecule has 0 bridgehead atoms. The zero-order chi connectivity index (χ0) is 20.4. The largest absolute Gasteiger partial charge is 0.481 e. The molecule has 1 N–H and O–H groups in total. The molecule has 7 heteroatoms. The molecule has 1 aromatic heterocycles. The van der Waals surface area contributed by atoms with E-state index < -0.39 is 17.9 Å². The number of carbonyl (C=O) groups is 2. The van der Waals surface area contributed by atoms with E-state index in [1.807, 2.05) is 60.7 Å². The Bertz CT molecular complexity index is 960. The lowest BCUT2D eigenvalue weighted by Crippen LogP contribution is -2.49. The average molecular weight is 390 g/mol. The molecular weight excluding hydrogens is 368 g/mol. The molecule has 0 unspecified atom stereocenters. The predicted octanol–water partition coefficient (Wildman–Crippen LogP) is 3.26. The fourth-order valence-corrected chi connectivity index (χ4v) is 3.81. The van der Waals surface area contributed by atoms with Crippen LogP contribution in [0.4, 0.5) is 0 Å². The van der Waals surface area contributed by atoms with Crippen molar-refractivity contribution in [2.24, 2.45) is 5.92 Å². The molecule has 0 saturated carbocycles. The maximum absolute atomic E-state index is 13.2. The highest BCUT2D eigenvalue weighted by Crippen LogP contribution is 2.26. The molecule has 7 nitrogen and oxygen atoms in total. The number of carboxylic acids is 1. The van der Waals surface area contributed by atoms with Crippen LogP contribution in [0.15, 0.2) is 60.7 Å². The van der Waals surface area contributed by atoms with Gasteiger partial charge in [0.25, 0.3) is 5.91 Å². The van der Waals surface area contributed by atoms with Crippen LogP contribution < -0.4 is 0 Å². The topological polar surface area (TPSA) is 88.3 Å². The van der Waals surface area contributed by atoms with Gasteiger partial charge in [-0.1, -0.05) is 48.5 Å². The summed E-state index contributed by atoms with van der Waals surface area (Å²) >= 11 is 0. The Balaban J connectivity index is 1.74. The van der Waals surface area contributed by atoms with Gasteiger partial charge in [-0.25, -0.2) is 9.67 Å². The predicted molar refractivity (Wildman–Crippen MR) is 108 cm³/mol. The lowest BCUT2D eigenvalue weighted by molar-refractivity contribution is -0.145. The molecule has 3 aromatic rings. The van der Waals surface area contributed by atoms with E-state index in [1.54, 1.807) is 16.5 Å². The van der Waals surface area contributed by atoms with Crippen molar-refractivity contribution in [2.45, 2.75) is 25.8 Å². The Labute approximate surface area is 168 Å². The van der Waals surface area contributed by atoms with Crippen LogP contribution in [-0.2, 0) is 4.79 Å². The van der Waals surface area contributed by atoms with Crippen molar-refractivity contribution in [3.8, 4) is 17.1 Å². The van der Waals surface area contributed by atoms with E-state index in [0.29, 0.717) is 25.2 Å². The molecular formula is C22H22N4O3. The minimum absolute atomic E-state index is 0.0746. The number of carbonyl (C=O) groups excluding carboxylic acids is 1. The Kier molecular flexibility index (Phi) is 5.12. The van der Waals surface area contributed by atoms with Gasteiger partial charge < -0.3 is 10.0 Å². The fraction of sp³-hybridized carbons (Fsp3) is 0.273. The monoisotopic (exact) mass is 390 g/mol. The van der Waals surface area contributed by atoms with Crippen molar-refractivity contribution in [1.82, 2.24) is 19.7 Å². The van der Waals surface area contributed by atoms with Crippen molar-refractivity contribution in [3.05, 3.63) is 66.5 Å². The van der Waals surface area contributed by atoms with Crippen LogP contribution in [0, 0.1) is 5.92 Å². The van der Waals surface area contributed by atoms with Gasteiger partial charge in [-0.3, -0.25) is 9.59 Å². The second kappa shape index (κ2) is 7.87. The van der Waals surface area contributed by atoms with E-state index in [4.69, 9.17) is 0 Å². The van der Waals surface area contributed by atoms with E-state index in [1.165, 1.54) is 0 Å². The van der Waals surface area contributed by atoms with Crippen LogP contribution >= 0.6 is 0 Å². The van der Waals surface area contributed by atoms with Crippen LogP contribution in [0.25, 0.3) is 17.1 Å². The second-order valence-corrected chi connectivity index (χ2v) is 7.20. The summed E-state index contributed by atoms with van der Waals surface area (Å²) in [6.45, 7) is 2.28. The summed E-state index contributed by atoms with van der Waals surface area (Å²) in [5, 5.41) is 14.0. The van der Waals surface area contributed by atoms with Crippen molar-refractivity contribution in [2.75, 3.05) is 6.54 Å². The number of piperidine rings is 1. The van der Waals surface area contributed by atoms with Crippen LogP contribution in [-0.4, -0.2) is 49.2 Å². The number of aromatic nitrogens is 3. The number of hydrogen-bond donors (Lipinski definition) is 1. The lowest BCUT2D eigenvalue weighted by atomic mass is 9.90. The van der Waals surface area contributed by atoms with E-state index in [2.05, 4.69) is 10.1 Å². The third kappa shape index (κ3) is 3.63. The molecule has 1 fully saturated rings. The molecule has 2 atom stereocenters. The molecule has 0 aliphatic carbocycles. The number of carboxylic acid groups (broad SMARTS) is 1. The van der Waals surface area contributed by atoms with Crippen LogP contribution in [0.3, 0.4) is 0 Å². The molecule has 0 spiro atoms. The first-order chi connectivity index (χ1) is 14.1. The molecule has 1 saturated heterocycles. The molecule has 1 aliphatic rings. The normalized spacial score (nSPS) is 19.1. The average Bonchev–Trinajstić information content (AvgIpc) is 3.20. The first-order valence-corrected chi connectivity index (χ1v) is 9.68. The Morgan fingerprint density at radius 2 is 1.69 bits per heavy atom. The minimum atomic E-state index is -0.872. The summed E-state index contributed by atoms with van der Waals surface area (Å²) < 4.78 is 1.66. The van der Waals surface area contributed by atoms with Crippen molar-refractivity contribution in [1.29, 1.82) is 0 Å². The first kappa shape index (κ1) is 18.9. The van der Waals surface area contributed by atoms with Gasteiger partial charge in [-0.05, 0) is 31.9 Å². The molecule has 4 rings (SSSR count). The minimum Gasteiger partial charge on any atom is -0.481 e. The Morgan fingerprint density at radius 3 is 2.34 bits per heavy atom. The summed E-state index contributed by atoms with van der Waals surface area (Å²) in [5.74, 6) is -1.14. The molecule has 0 radical (unpaired) electrons. The van der Waals surface area contributed by atoms with Crippen LogP contribution in [0.5, 0.6) is 0 Å². The Hall–Kier alpha value is -3.48. The number of para-hydroxylation sites is 1. The highest BCUT2D eigenvalue weighted by atomic mass is 16.4. The highest BCUT2D eigenvalue weighted by molar-refractivity contribution is 5.92. The van der Waals surface area contributed by atoms with Crippen LogP contribution in [0.2, 0.25) is 0 Å². The maximum Gasteiger partial charge on any atom is 0.308 e. The molecule has 29 heavy (non-hydrogen) atoms.